The Morgan fingerprint density at radius 2 is 1.71 bits per heavy atom. The first kappa shape index (κ1) is 18.9. The molecule has 102 valence electrons. The predicted molar refractivity (Wildman–Crippen MR) is 80.8 cm³/mol. The second kappa shape index (κ2) is 8.60. The third kappa shape index (κ3) is 11.8. The van der Waals surface area contributed by atoms with Gasteiger partial charge in [-0.25, -0.2) is 10.0 Å². The maximum Gasteiger partial charge on any atom is 0.0908 e. The zero-order valence-electron chi connectivity index (χ0n) is 12.4. The average molecular weight is 259 g/mol. The Balaban J connectivity index is 0. The number of hydrogen-bond acceptors (Lipinski definition) is 2. The zero-order chi connectivity index (χ0) is 14.1. The van der Waals surface area contributed by atoms with Crippen LogP contribution in [0.15, 0.2) is 12.2 Å². The normalized spacial score (nSPS) is 14.8. The van der Waals surface area contributed by atoms with Crippen molar-refractivity contribution in [1.29, 1.82) is 5.26 Å². The summed E-state index contributed by atoms with van der Waals surface area (Å²) in [7, 11) is -0.340. The molecule has 1 N–H and O–H groups in total. The van der Waals surface area contributed by atoms with E-state index in [1.165, 1.54) is 6.08 Å². The van der Waals surface area contributed by atoms with Crippen molar-refractivity contribution in [2.24, 2.45) is 0 Å². The summed E-state index contributed by atoms with van der Waals surface area (Å²) < 4.78 is 0.521. The highest BCUT2D eigenvalue weighted by Crippen LogP contribution is 2.48. The van der Waals surface area contributed by atoms with Crippen LogP contribution in [0.4, 0.5) is 0 Å². The van der Waals surface area contributed by atoms with Gasteiger partial charge in [0, 0.05) is 6.08 Å². The number of aliphatic hydroxyl groups excluding tert-OH is 1. The summed E-state index contributed by atoms with van der Waals surface area (Å²) in [6.07, 6.45) is 11.2. The zero-order valence-corrected chi connectivity index (χ0v) is 13.3. The molecule has 0 aliphatic heterocycles. The highest BCUT2D eigenvalue weighted by Gasteiger charge is 2.21. The summed E-state index contributed by atoms with van der Waals surface area (Å²) in [6.45, 7) is 8.83. The molecular weight excluding hydrogens is 230 g/mol. The van der Waals surface area contributed by atoms with Crippen molar-refractivity contribution in [2.45, 2.75) is 51.4 Å². The van der Waals surface area contributed by atoms with E-state index in [2.05, 4.69) is 39.5 Å². The molecule has 17 heavy (non-hydrogen) atoms. The topological polar surface area (TPSA) is 44.0 Å². The molecule has 0 radical (unpaired) electrons. The van der Waals surface area contributed by atoms with Gasteiger partial charge in [0.05, 0.1) is 12.2 Å². The largest absolute Gasteiger partial charge is 0.393 e. The van der Waals surface area contributed by atoms with E-state index in [0.29, 0.717) is 11.2 Å². The molecule has 0 rings (SSSR count). The molecule has 1 unspecified atom stereocenters. The first-order chi connectivity index (χ1) is 7.56. The Hall–Kier alpha value is -0.460. The molecular formula is C14H29NOS. The van der Waals surface area contributed by atoms with Gasteiger partial charge in [0.15, 0.2) is 0 Å². The Morgan fingerprint density at radius 3 is 1.94 bits per heavy atom. The minimum absolute atomic E-state index is 0.283. The lowest BCUT2D eigenvalue weighted by Gasteiger charge is -2.40. The Labute approximate surface area is 109 Å². The summed E-state index contributed by atoms with van der Waals surface area (Å²) in [4.78, 5) is 0. The summed E-state index contributed by atoms with van der Waals surface area (Å²) in [5.74, 6) is 0. The van der Waals surface area contributed by atoms with Crippen LogP contribution in [0.5, 0.6) is 0 Å². The molecule has 0 aromatic rings. The second-order valence-electron chi connectivity index (χ2n) is 5.78. The minimum atomic E-state index is -0.340. The van der Waals surface area contributed by atoms with Gasteiger partial charge in [-0.1, -0.05) is 33.8 Å². The maximum absolute atomic E-state index is 8.92. The SMILES string of the molecule is CC(C)(C)S(C)(C)C.CCC(O)C/C=C/C#N. The second-order valence-corrected chi connectivity index (χ2v) is 10.7. The number of aliphatic hydroxyl groups is 1. The molecule has 0 fully saturated rings. The first-order valence-corrected chi connectivity index (χ1v) is 8.82. The predicted octanol–water partition coefficient (Wildman–Crippen LogP) is 3.71. The molecule has 0 aliphatic rings. The third-order valence-electron chi connectivity index (χ3n) is 2.91. The molecule has 1 atom stereocenters. The lowest BCUT2D eigenvalue weighted by atomic mass is 10.2. The van der Waals surface area contributed by atoms with Crippen molar-refractivity contribution < 1.29 is 5.11 Å². The van der Waals surface area contributed by atoms with E-state index >= 15 is 0 Å². The van der Waals surface area contributed by atoms with E-state index in [9.17, 15) is 0 Å². The van der Waals surface area contributed by atoms with Crippen molar-refractivity contribution in [2.75, 3.05) is 18.8 Å². The van der Waals surface area contributed by atoms with Gasteiger partial charge in [0.2, 0.25) is 0 Å². The van der Waals surface area contributed by atoms with Crippen molar-refractivity contribution in [1.82, 2.24) is 0 Å². The molecule has 0 heterocycles. The van der Waals surface area contributed by atoms with Gasteiger partial charge in [-0.3, -0.25) is 0 Å². The molecule has 0 saturated carbocycles. The molecule has 0 aliphatic carbocycles. The molecule has 0 spiro atoms. The smallest absolute Gasteiger partial charge is 0.0908 e. The van der Waals surface area contributed by atoms with E-state index in [1.807, 2.05) is 13.0 Å². The Bertz CT molecular complexity index is 241. The molecule has 0 aromatic carbocycles. The van der Waals surface area contributed by atoms with Crippen molar-refractivity contribution >= 4 is 10.0 Å². The maximum atomic E-state index is 8.92. The van der Waals surface area contributed by atoms with E-state index < -0.39 is 0 Å². The van der Waals surface area contributed by atoms with Crippen LogP contribution in [0, 0.1) is 11.3 Å². The van der Waals surface area contributed by atoms with Gasteiger partial charge in [-0.05, 0) is 36.4 Å². The van der Waals surface area contributed by atoms with E-state index in [1.54, 1.807) is 6.08 Å². The Kier molecular flexibility index (Phi) is 9.56. The Morgan fingerprint density at radius 1 is 1.29 bits per heavy atom. The third-order valence-corrected chi connectivity index (χ3v) is 6.58. The van der Waals surface area contributed by atoms with Gasteiger partial charge in [-0.15, -0.1) is 0 Å². The van der Waals surface area contributed by atoms with Crippen LogP contribution in [0.25, 0.3) is 0 Å². The average Bonchev–Trinajstić information content (AvgIpc) is 2.16. The minimum Gasteiger partial charge on any atom is -0.393 e. The molecule has 0 aromatic heterocycles. The van der Waals surface area contributed by atoms with Gasteiger partial charge in [-0.2, -0.15) is 5.26 Å². The lowest BCUT2D eigenvalue weighted by molar-refractivity contribution is 0.174. The van der Waals surface area contributed by atoms with Crippen LogP contribution in [0.3, 0.4) is 0 Å². The molecule has 3 heteroatoms. The fraction of sp³-hybridized carbons (Fsp3) is 0.786. The first-order valence-electron chi connectivity index (χ1n) is 5.96. The fourth-order valence-corrected chi connectivity index (χ4v) is 0.444. The number of hydrogen-bond donors (Lipinski definition) is 1. The standard InChI is InChI=1S/C7H11NO.C7H18S/c1-2-7(9)5-3-4-6-8;1-7(2,3)8(4,5)6/h3-4,7,9H,2,5H2,1H3;1-6H3/b4-3+;. The fourth-order valence-electron chi connectivity index (χ4n) is 0.444. The van der Waals surface area contributed by atoms with Crippen molar-refractivity contribution in [3.8, 4) is 6.07 Å². The molecule has 2 nitrogen and oxygen atoms in total. The van der Waals surface area contributed by atoms with E-state index in [4.69, 9.17) is 10.4 Å². The van der Waals surface area contributed by atoms with Crippen LogP contribution in [-0.4, -0.2) is 34.7 Å². The van der Waals surface area contributed by atoms with Gasteiger partial charge in [0.25, 0.3) is 0 Å². The van der Waals surface area contributed by atoms with E-state index in [0.717, 1.165) is 6.42 Å². The van der Waals surface area contributed by atoms with Crippen molar-refractivity contribution in [3.63, 3.8) is 0 Å². The summed E-state index contributed by atoms with van der Waals surface area (Å²) >= 11 is 0. The van der Waals surface area contributed by atoms with Crippen molar-refractivity contribution in [3.05, 3.63) is 12.2 Å². The number of rotatable bonds is 3. The molecule has 0 saturated heterocycles. The van der Waals surface area contributed by atoms with Crippen LogP contribution in [0.2, 0.25) is 0 Å². The van der Waals surface area contributed by atoms with Gasteiger partial charge >= 0.3 is 0 Å². The highest BCUT2D eigenvalue weighted by atomic mass is 32.3. The summed E-state index contributed by atoms with van der Waals surface area (Å²) in [6, 6.07) is 1.86. The van der Waals surface area contributed by atoms with Crippen LogP contribution in [-0.2, 0) is 0 Å². The van der Waals surface area contributed by atoms with Gasteiger partial charge in [0.1, 0.15) is 0 Å². The van der Waals surface area contributed by atoms with E-state index in [-0.39, 0.29) is 16.1 Å². The summed E-state index contributed by atoms with van der Waals surface area (Å²) in [5.41, 5.74) is 0. The number of nitrogens with zero attached hydrogens (tertiary/aromatic N) is 1. The lowest BCUT2D eigenvalue weighted by Crippen LogP contribution is -2.21. The number of nitriles is 1. The monoisotopic (exact) mass is 259 g/mol. The van der Waals surface area contributed by atoms with Crippen LogP contribution >= 0.6 is 10.0 Å². The summed E-state index contributed by atoms with van der Waals surface area (Å²) in [5, 5.41) is 17.0. The van der Waals surface area contributed by atoms with Gasteiger partial charge < -0.3 is 5.11 Å². The number of allylic oxidation sites excluding steroid dienone is 1. The van der Waals surface area contributed by atoms with Crippen LogP contribution < -0.4 is 0 Å². The quantitative estimate of drug-likeness (QED) is 0.785. The molecule has 0 amide bonds. The molecule has 0 bridgehead atoms. The highest BCUT2D eigenvalue weighted by molar-refractivity contribution is 8.33. The van der Waals surface area contributed by atoms with Crippen LogP contribution in [0.1, 0.15) is 40.5 Å².